The summed E-state index contributed by atoms with van der Waals surface area (Å²) >= 11 is 3.42. The van der Waals surface area contributed by atoms with Crippen molar-refractivity contribution in [1.82, 2.24) is 15.1 Å². The lowest BCUT2D eigenvalue weighted by atomic mass is 9.91. The van der Waals surface area contributed by atoms with Gasteiger partial charge in [-0.15, -0.1) is 0 Å². The number of rotatable bonds is 4. The molecule has 144 valence electrons. The minimum atomic E-state index is -0.116. The van der Waals surface area contributed by atoms with E-state index in [0.717, 1.165) is 47.5 Å². The number of piperidine rings is 1. The summed E-state index contributed by atoms with van der Waals surface area (Å²) in [5.74, 6) is 0.185. The van der Waals surface area contributed by atoms with Crippen molar-refractivity contribution in [2.24, 2.45) is 0 Å². The van der Waals surface area contributed by atoms with Crippen LogP contribution in [0.3, 0.4) is 0 Å². The van der Waals surface area contributed by atoms with Gasteiger partial charge in [-0.05, 0) is 69.3 Å². The smallest absolute Gasteiger partial charge is 0.259 e. The number of amides is 1. The second-order valence-electron chi connectivity index (χ2n) is 7.18. The molecule has 1 aliphatic heterocycles. The Morgan fingerprint density at radius 1 is 1.11 bits per heavy atom. The van der Waals surface area contributed by atoms with Crippen molar-refractivity contribution in [3.63, 3.8) is 0 Å². The lowest BCUT2D eigenvalue weighted by Crippen LogP contribution is -2.29. The van der Waals surface area contributed by atoms with Crippen molar-refractivity contribution in [3.8, 4) is 5.69 Å². The highest BCUT2D eigenvalue weighted by Crippen LogP contribution is 2.31. The van der Waals surface area contributed by atoms with E-state index in [4.69, 9.17) is 0 Å². The number of carbonyl (C=O) groups is 1. The van der Waals surface area contributed by atoms with E-state index in [1.165, 1.54) is 5.56 Å². The van der Waals surface area contributed by atoms with Crippen molar-refractivity contribution in [1.29, 1.82) is 0 Å². The van der Waals surface area contributed by atoms with Crippen LogP contribution in [0.5, 0.6) is 0 Å². The molecule has 0 aliphatic carbocycles. The molecule has 2 N–H and O–H groups in total. The number of aryl methyl sites for hydroxylation is 1. The lowest BCUT2D eigenvalue weighted by Gasteiger charge is -2.24. The summed E-state index contributed by atoms with van der Waals surface area (Å²) < 4.78 is 2.92. The standard InChI is InChI=1S/C22H23BrN4O/c1-15-2-8-19(9-3-15)27-21(16-10-12-24-13-11-16)20(14-25-27)22(28)26-18-6-4-17(23)5-7-18/h2-9,14,16,24H,10-13H2,1H3,(H,26,28). The minimum Gasteiger partial charge on any atom is -0.322 e. The molecule has 1 saturated heterocycles. The van der Waals surface area contributed by atoms with Crippen LogP contribution in [0.1, 0.15) is 40.4 Å². The zero-order valence-electron chi connectivity index (χ0n) is 15.8. The number of benzene rings is 2. The maximum Gasteiger partial charge on any atom is 0.259 e. The van der Waals surface area contributed by atoms with E-state index in [9.17, 15) is 4.79 Å². The van der Waals surface area contributed by atoms with Crippen LogP contribution in [-0.4, -0.2) is 28.8 Å². The number of nitrogens with one attached hydrogen (secondary N) is 2. The van der Waals surface area contributed by atoms with Crippen molar-refractivity contribution in [2.75, 3.05) is 18.4 Å². The molecule has 28 heavy (non-hydrogen) atoms. The van der Waals surface area contributed by atoms with E-state index in [1.807, 2.05) is 28.9 Å². The first-order valence-corrected chi connectivity index (χ1v) is 10.3. The molecule has 1 aromatic heterocycles. The van der Waals surface area contributed by atoms with Gasteiger partial charge < -0.3 is 10.6 Å². The fraction of sp³-hybridized carbons (Fsp3) is 0.273. The van der Waals surface area contributed by atoms with Gasteiger partial charge >= 0.3 is 0 Å². The maximum atomic E-state index is 13.1. The van der Waals surface area contributed by atoms with Crippen LogP contribution in [0.15, 0.2) is 59.2 Å². The normalized spacial score (nSPS) is 14.8. The van der Waals surface area contributed by atoms with Gasteiger partial charge in [-0.1, -0.05) is 33.6 Å². The van der Waals surface area contributed by atoms with Crippen LogP contribution < -0.4 is 10.6 Å². The monoisotopic (exact) mass is 438 g/mol. The van der Waals surface area contributed by atoms with Crippen LogP contribution in [0.25, 0.3) is 5.69 Å². The predicted octanol–water partition coefficient (Wildman–Crippen LogP) is 4.66. The number of carbonyl (C=O) groups excluding carboxylic acids is 1. The van der Waals surface area contributed by atoms with Crippen molar-refractivity contribution >= 4 is 27.5 Å². The van der Waals surface area contributed by atoms with Gasteiger partial charge in [0.05, 0.1) is 23.1 Å². The molecule has 2 heterocycles. The van der Waals surface area contributed by atoms with Gasteiger partial charge in [-0.25, -0.2) is 4.68 Å². The molecule has 6 heteroatoms. The number of anilines is 1. The summed E-state index contributed by atoms with van der Waals surface area (Å²) in [5.41, 5.74) is 4.61. The highest BCUT2D eigenvalue weighted by atomic mass is 79.9. The maximum absolute atomic E-state index is 13.1. The van der Waals surface area contributed by atoms with Crippen molar-refractivity contribution in [3.05, 3.63) is 76.0 Å². The zero-order valence-corrected chi connectivity index (χ0v) is 17.4. The van der Waals surface area contributed by atoms with Crippen LogP contribution >= 0.6 is 15.9 Å². The van der Waals surface area contributed by atoms with Gasteiger partial charge in [0.15, 0.2) is 0 Å². The molecule has 1 fully saturated rings. The quantitative estimate of drug-likeness (QED) is 0.622. The Bertz CT molecular complexity index is 957. The van der Waals surface area contributed by atoms with Crippen molar-refractivity contribution < 1.29 is 4.79 Å². The molecule has 1 aliphatic rings. The van der Waals surface area contributed by atoms with Gasteiger partial charge in [-0.2, -0.15) is 5.10 Å². The first-order valence-electron chi connectivity index (χ1n) is 9.54. The predicted molar refractivity (Wildman–Crippen MR) is 115 cm³/mol. The van der Waals surface area contributed by atoms with Crippen molar-refractivity contribution in [2.45, 2.75) is 25.7 Å². The zero-order chi connectivity index (χ0) is 19.5. The fourth-order valence-corrected chi connectivity index (χ4v) is 3.91. The Balaban J connectivity index is 1.70. The second kappa shape index (κ2) is 8.29. The Morgan fingerprint density at radius 2 is 1.79 bits per heavy atom. The SMILES string of the molecule is Cc1ccc(-n2ncc(C(=O)Nc3ccc(Br)cc3)c2C2CCNCC2)cc1. The molecule has 1 amide bonds. The molecule has 0 saturated carbocycles. The van der Waals surface area contributed by atoms with Gasteiger partial charge in [0, 0.05) is 16.1 Å². The Labute approximate surface area is 173 Å². The molecule has 0 radical (unpaired) electrons. The first kappa shape index (κ1) is 18.9. The number of nitrogens with zero attached hydrogens (tertiary/aromatic N) is 2. The molecule has 0 bridgehead atoms. The van der Waals surface area contributed by atoms with Gasteiger partial charge in [0.1, 0.15) is 0 Å². The average Bonchev–Trinajstić information content (AvgIpc) is 3.16. The highest BCUT2D eigenvalue weighted by Gasteiger charge is 2.27. The minimum absolute atomic E-state index is 0.116. The summed E-state index contributed by atoms with van der Waals surface area (Å²) in [4.78, 5) is 13.1. The van der Waals surface area contributed by atoms with E-state index in [2.05, 4.69) is 62.9 Å². The van der Waals surface area contributed by atoms with E-state index >= 15 is 0 Å². The number of aromatic nitrogens is 2. The topological polar surface area (TPSA) is 59.0 Å². The molecular weight excluding hydrogens is 416 g/mol. The molecule has 4 rings (SSSR count). The third kappa shape index (κ3) is 4.03. The number of hydrogen-bond donors (Lipinski definition) is 2. The summed E-state index contributed by atoms with van der Waals surface area (Å²) in [5, 5.41) is 11.0. The Morgan fingerprint density at radius 3 is 2.46 bits per heavy atom. The molecule has 0 spiro atoms. The first-order chi connectivity index (χ1) is 13.6. The Hall–Kier alpha value is -2.44. The van der Waals surface area contributed by atoms with Gasteiger partial charge in [0.2, 0.25) is 0 Å². The van der Waals surface area contributed by atoms with Crippen LogP contribution in [0.4, 0.5) is 5.69 Å². The largest absolute Gasteiger partial charge is 0.322 e. The average molecular weight is 439 g/mol. The molecule has 0 atom stereocenters. The molecular formula is C22H23BrN4O. The van der Waals surface area contributed by atoms with E-state index in [-0.39, 0.29) is 5.91 Å². The third-order valence-corrected chi connectivity index (χ3v) is 5.69. The Kier molecular flexibility index (Phi) is 5.59. The van der Waals surface area contributed by atoms with Gasteiger partial charge in [0.25, 0.3) is 5.91 Å². The van der Waals surface area contributed by atoms with E-state index < -0.39 is 0 Å². The summed E-state index contributed by atoms with van der Waals surface area (Å²) in [6, 6.07) is 15.9. The number of halogens is 1. The van der Waals surface area contributed by atoms with E-state index in [1.54, 1.807) is 6.20 Å². The number of hydrogen-bond acceptors (Lipinski definition) is 3. The third-order valence-electron chi connectivity index (χ3n) is 5.16. The van der Waals surface area contributed by atoms with E-state index in [0.29, 0.717) is 11.5 Å². The highest BCUT2D eigenvalue weighted by molar-refractivity contribution is 9.10. The van der Waals surface area contributed by atoms with Crippen LogP contribution in [0, 0.1) is 6.92 Å². The van der Waals surface area contributed by atoms with Gasteiger partial charge in [-0.3, -0.25) is 4.79 Å². The summed E-state index contributed by atoms with van der Waals surface area (Å²) in [6.45, 7) is 3.98. The lowest BCUT2D eigenvalue weighted by molar-refractivity contribution is 0.102. The molecule has 3 aromatic rings. The molecule has 2 aromatic carbocycles. The summed E-state index contributed by atoms with van der Waals surface area (Å²) in [7, 11) is 0. The van der Waals surface area contributed by atoms with Crippen LogP contribution in [0.2, 0.25) is 0 Å². The molecule has 0 unspecified atom stereocenters. The fourth-order valence-electron chi connectivity index (χ4n) is 3.64. The summed E-state index contributed by atoms with van der Waals surface area (Å²) in [6.07, 6.45) is 3.69. The second-order valence-corrected chi connectivity index (χ2v) is 8.09. The van der Waals surface area contributed by atoms with Crippen LogP contribution in [-0.2, 0) is 0 Å². The molecule has 5 nitrogen and oxygen atoms in total.